The van der Waals surface area contributed by atoms with Crippen molar-refractivity contribution in [3.63, 3.8) is 0 Å². The third-order valence-electron chi connectivity index (χ3n) is 5.84. The Balaban J connectivity index is 1.69. The molecule has 0 aliphatic carbocycles. The molecule has 4 aromatic rings. The van der Waals surface area contributed by atoms with Crippen molar-refractivity contribution in [3.8, 4) is 11.4 Å². The number of hydrogen-bond acceptors (Lipinski definition) is 5. The predicted octanol–water partition coefficient (Wildman–Crippen LogP) is 4.97. The molecule has 0 spiro atoms. The molecule has 2 atom stereocenters. The first kappa shape index (κ1) is 21.6. The van der Waals surface area contributed by atoms with Crippen molar-refractivity contribution in [3.05, 3.63) is 113 Å². The number of nitro benzene ring substituents is 1. The molecule has 0 amide bonds. The van der Waals surface area contributed by atoms with Crippen LogP contribution >= 0.6 is 12.2 Å². The monoisotopic (exact) mass is 471 g/mol. The number of non-ortho nitro benzene ring substituents is 1. The van der Waals surface area contributed by atoms with Crippen LogP contribution in [0, 0.1) is 10.1 Å². The van der Waals surface area contributed by atoms with Crippen molar-refractivity contribution in [1.82, 2.24) is 14.9 Å². The molecule has 1 N–H and O–H groups in total. The van der Waals surface area contributed by atoms with E-state index in [1.54, 1.807) is 25.4 Å². The number of aromatic nitrogens is 2. The first-order chi connectivity index (χ1) is 16.6. The summed E-state index contributed by atoms with van der Waals surface area (Å²) in [7, 11) is 1.63. The van der Waals surface area contributed by atoms with Crippen molar-refractivity contribution >= 4 is 28.7 Å². The molecule has 0 saturated carbocycles. The Bertz CT molecular complexity index is 1360. The molecule has 1 aliphatic heterocycles. The number of pyridine rings is 1. The zero-order chi connectivity index (χ0) is 23.7. The first-order valence-corrected chi connectivity index (χ1v) is 11.0. The summed E-state index contributed by atoms with van der Waals surface area (Å²) in [5.41, 5.74) is 3.26. The molecule has 3 heterocycles. The highest BCUT2D eigenvalue weighted by atomic mass is 32.1. The average Bonchev–Trinajstić information content (AvgIpc) is 3.49. The van der Waals surface area contributed by atoms with Gasteiger partial charge in [0.2, 0.25) is 0 Å². The number of ether oxygens (including phenoxy) is 1. The maximum Gasteiger partial charge on any atom is 0.271 e. The minimum absolute atomic E-state index is 0.0279. The Hall–Kier alpha value is -4.24. The molecule has 34 heavy (non-hydrogen) atoms. The minimum Gasteiger partial charge on any atom is -0.495 e. The van der Waals surface area contributed by atoms with E-state index in [0.29, 0.717) is 16.5 Å². The molecule has 9 heteroatoms. The summed E-state index contributed by atoms with van der Waals surface area (Å²) in [5, 5.41) is 15.4. The van der Waals surface area contributed by atoms with E-state index in [0.717, 1.165) is 17.1 Å². The van der Waals surface area contributed by atoms with Crippen LogP contribution in [0.1, 0.15) is 23.5 Å². The average molecular weight is 472 g/mol. The Morgan fingerprint density at radius 3 is 2.65 bits per heavy atom. The third-order valence-corrected chi connectivity index (χ3v) is 6.16. The van der Waals surface area contributed by atoms with E-state index >= 15 is 0 Å². The van der Waals surface area contributed by atoms with Gasteiger partial charge in [-0.3, -0.25) is 15.1 Å². The largest absolute Gasteiger partial charge is 0.495 e. The number of anilines is 1. The van der Waals surface area contributed by atoms with E-state index in [9.17, 15) is 10.1 Å². The fraction of sp³-hybridized carbons (Fsp3) is 0.120. The Morgan fingerprint density at radius 2 is 1.88 bits per heavy atom. The van der Waals surface area contributed by atoms with E-state index in [4.69, 9.17) is 17.0 Å². The smallest absolute Gasteiger partial charge is 0.271 e. The molecule has 0 bridgehead atoms. The molecule has 8 nitrogen and oxygen atoms in total. The molecule has 5 rings (SSSR count). The van der Waals surface area contributed by atoms with E-state index < -0.39 is 4.92 Å². The van der Waals surface area contributed by atoms with Crippen LogP contribution in [0.4, 0.5) is 11.4 Å². The second-order valence-electron chi connectivity index (χ2n) is 7.75. The van der Waals surface area contributed by atoms with Gasteiger partial charge in [-0.1, -0.05) is 24.3 Å². The topological polar surface area (TPSA) is 85.5 Å². The number of nitro groups is 1. The lowest BCUT2D eigenvalue weighted by molar-refractivity contribution is -0.384. The van der Waals surface area contributed by atoms with Gasteiger partial charge in [0.05, 0.1) is 35.1 Å². The molecule has 0 unspecified atom stereocenters. The van der Waals surface area contributed by atoms with Crippen LogP contribution in [0.5, 0.6) is 5.75 Å². The van der Waals surface area contributed by atoms with Gasteiger partial charge in [0, 0.05) is 30.2 Å². The lowest BCUT2D eigenvalue weighted by Gasteiger charge is -2.29. The summed E-state index contributed by atoms with van der Waals surface area (Å²) in [6.07, 6.45) is 3.65. The SMILES string of the molecule is COc1ccccc1N1C(=S)N[C@@H](c2ccccn2)[C@@H]1c1cccn1-c1cccc([N+](=O)[O-])c1. The highest BCUT2D eigenvalue weighted by molar-refractivity contribution is 7.80. The van der Waals surface area contributed by atoms with Crippen molar-refractivity contribution < 1.29 is 9.66 Å². The maximum absolute atomic E-state index is 11.4. The summed E-state index contributed by atoms with van der Waals surface area (Å²) < 4.78 is 7.59. The number of nitrogens with one attached hydrogen (secondary N) is 1. The second kappa shape index (κ2) is 8.95. The van der Waals surface area contributed by atoms with Crippen LogP contribution in [0.3, 0.4) is 0 Å². The number of nitrogens with zero attached hydrogens (tertiary/aromatic N) is 4. The number of rotatable bonds is 6. The number of hydrogen-bond donors (Lipinski definition) is 1. The molecule has 2 aromatic heterocycles. The van der Waals surface area contributed by atoms with Crippen molar-refractivity contribution in [2.24, 2.45) is 0 Å². The Kier molecular flexibility index (Phi) is 5.69. The van der Waals surface area contributed by atoms with Gasteiger partial charge in [-0.25, -0.2) is 0 Å². The van der Waals surface area contributed by atoms with Crippen molar-refractivity contribution in [1.29, 1.82) is 0 Å². The van der Waals surface area contributed by atoms with Gasteiger partial charge in [0.1, 0.15) is 11.8 Å². The summed E-state index contributed by atoms with van der Waals surface area (Å²) >= 11 is 5.81. The molecule has 0 radical (unpaired) electrons. The molecular formula is C25H21N5O3S. The highest BCUT2D eigenvalue weighted by Crippen LogP contribution is 2.44. The molecular weight excluding hydrogens is 450 g/mol. The van der Waals surface area contributed by atoms with E-state index in [1.807, 2.05) is 76.3 Å². The fourth-order valence-corrected chi connectivity index (χ4v) is 4.71. The van der Waals surface area contributed by atoms with Crippen LogP contribution in [-0.4, -0.2) is 26.7 Å². The van der Waals surface area contributed by atoms with Crippen molar-refractivity contribution in [2.75, 3.05) is 12.0 Å². The highest BCUT2D eigenvalue weighted by Gasteiger charge is 2.43. The van der Waals surface area contributed by atoms with Crippen LogP contribution in [0.25, 0.3) is 5.69 Å². The molecule has 1 aliphatic rings. The first-order valence-electron chi connectivity index (χ1n) is 10.6. The van der Waals surface area contributed by atoms with Gasteiger partial charge >= 0.3 is 0 Å². The van der Waals surface area contributed by atoms with E-state index in [2.05, 4.69) is 10.3 Å². The Morgan fingerprint density at radius 1 is 1.06 bits per heavy atom. The quantitative estimate of drug-likeness (QED) is 0.241. The number of para-hydroxylation sites is 2. The fourth-order valence-electron chi connectivity index (χ4n) is 4.37. The summed E-state index contributed by atoms with van der Waals surface area (Å²) in [6.45, 7) is 0. The van der Waals surface area contributed by atoms with Gasteiger partial charge in [0.25, 0.3) is 5.69 Å². The van der Waals surface area contributed by atoms with Gasteiger partial charge in [-0.05, 0) is 54.7 Å². The summed E-state index contributed by atoms with van der Waals surface area (Å²) in [6, 6.07) is 23.4. The van der Waals surface area contributed by atoms with Crippen LogP contribution in [0.15, 0.2) is 91.3 Å². The molecule has 2 aromatic carbocycles. The summed E-state index contributed by atoms with van der Waals surface area (Å²) in [4.78, 5) is 17.6. The van der Waals surface area contributed by atoms with Crippen LogP contribution < -0.4 is 15.0 Å². The number of thiocarbonyl (C=S) groups is 1. The van der Waals surface area contributed by atoms with Crippen LogP contribution in [0.2, 0.25) is 0 Å². The minimum atomic E-state index is -0.392. The zero-order valence-corrected chi connectivity index (χ0v) is 19.1. The number of methoxy groups -OCH3 is 1. The van der Waals surface area contributed by atoms with Gasteiger partial charge in [-0.2, -0.15) is 0 Å². The second-order valence-corrected chi connectivity index (χ2v) is 8.14. The molecule has 1 saturated heterocycles. The van der Waals surface area contributed by atoms with Gasteiger partial charge < -0.3 is 19.5 Å². The molecule has 170 valence electrons. The normalized spacial score (nSPS) is 17.4. The lowest BCUT2D eigenvalue weighted by atomic mass is 10.0. The van der Waals surface area contributed by atoms with Crippen molar-refractivity contribution in [2.45, 2.75) is 12.1 Å². The zero-order valence-electron chi connectivity index (χ0n) is 18.2. The van der Waals surface area contributed by atoms with E-state index in [1.165, 1.54) is 6.07 Å². The lowest BCUT2D eigenvalue weighted by Crippen LogP contribution is -2.30. The Labute approximate surface area is 201 Å². The van der Waals surface area contributed by atoms with E-state index in [-0.39, 0.29) is 17.8 Å². The van der Waals surface area contributed by atoms with Crippen LogP contribution in [-0.2, 0) is 0 Å². The maximum atomic E-state index is 11.4. The standard InChI is InChI=1S/C25H21N5O3S/c1-33-22-13-3-2-11-20(22)29-24(23(27-25(29)34)19-10-4-5-14-26-19)21-12-7-15-28(21)17-8-6-9-18(16-17)30(31)32/h2-16,23-24H,1H3,(H,27,34)/t23-,24-/m0/s1. The summed E-state index contributed by atoms with van der Waals surface area (Å²) in [5.74, 6) is 0.687. The number of benzene rings is 2. The third kappa shape index (κ3) is 3.75. The van der Waals surface area contributed by atoms with Gasteiger partial charge in [0.15, 0.2) is 5.11 Å². The predicted molar refractivity (Wildman–Crippen MR) is 133 cm³/mol. The van der Waals surface area contributed by atoms with Gasteiger partial charge in [-0.15, -0.1) is 0 Å². The molecule has 1 fully saturated rings.